The molecule has 0 aliphatic rings. The van der Waals surface area contributed by atoms with E-state index in [9.17, 15) is 4.79 Å². The average Bonchev–Trinajstić information content (AvgIpc) is 2.27. The summed E-state index contributed by atoms with van der Waals surface area (Å²) in [5.41, 5.74) is 5.84. The second kappa shape index (κ2) is 4.99. The number of carbonyl (C=O) groups excluding carboxylic acids is 1. The lowest BCUT2D eigenvalue weighted by Crippen LogP contribution is -2.25. The zero-order valence-corrected chi connectivity index (χ0v) is 9.82. The summed E-state index contributed by atoms with van der Waals surface area (Å²) in [6.45, 7) is 5.63. The van der Waals surface area contributed by atoms with E-state index in [1.165, 1.54) is 0 Å². The van der Waals surface area contributed by atoms with E-state index in [-0.39, 0.29) is 0 Å². The summed E-state index contributed by atoms with van der Waals surface area (Å²) in [5.74, 6) is -0.570. The minimum absolute atomic E-state index is 0.314. The van der Waals surface area contributed by atoms with E-state index < -0.39 is 11.6 Å². The van der Waals surface area contributed by atoms with Crippen molar-refractivity contribution >= 4 is 11.7 Å². The summed E-state index contributed by atoms with van der Waals surface area (Å²) in [4.78, 5) is 21.4. The molecular weight excluding hydrogens is 206 g/mol. The van der Waals surface area contributed by atoms with Crippen molar-refractivity contribution < 1.29 is 14.6 Å². The quantitative estimate of drug-likeness (QED) is 0.484. The Morgan fingerprint density at radius 1 is 1.38 bits per heavy atom. The van der Waals surface area contributed by atoms with Gasteiger partial charge in [-0.2, -0.15) is 4.89 Å². The Morgan fingerprint density at radius 3 is 2.56 bits per heavy atom. The van der Waals surface area contributed by atoms with E-state index in [2.05, 4.69) is 0 Å². The maximum atomic E-state index is 11.6. The molecule has 0 fully saturated rings. The van der Waals surface area contributed by atoms with Crippen molar-refractivity contribution in [1.82, 2.24) is 0 Å². The number of anilines is 1. The Bertz CT molecular complexity index is 374. The standard InChI is InChI=1S/C12H17NO3/c1-4-12(2,3)16-15-11(14)9-7-5-6-8-10(9)13/h5-8H,4,13H2,1-3H3. The summed E-state index contributed by atoms with van der Waals surface area (Å²) < 4.78 is 0. The number of benzene rings is 1. The van der Waals surface area contributed by atoms with Crippen molar-refractivity contribution in [2.24, 2.45) is 0 Å². The van der Waals surface area contributed by atoms with Gasteiger partial charge in [0.1, 0.15) is 5.60 Å². The molecule has 4 nitrogen and oxygen atoms in total. The van der Waals surface area contributed by atoms with Crippen LogP contribution in [-0.2, 0) is 9.78 Å². The fourth-order valence-corrected chi connectivity index (χ4v) is 0.937. The highest BCUT2D eigenvalue weighted by Crippen LogP contribution is 2.17. The van der Waals surface area contributed by atoms with Crippen LogP contribution >= 0.6 is 0 Å². The van der Waals surface area contributed by atoms with Crippen molar-refractivity contribution in [1.29, 1.82) is 0 Å². The largest absolute Gasteiger partial charge is 0.398 e. The van der Waals surface area contributed by atoms with E-state index in [0.29, 0.717) is 11.3 Å². The van der Waals surface area contributed by atoms with Gasteiger partial charge in [0.05, 0.1) is 5.56 Å². The number of hydrogen-bond acceptors (Lipinski definition) is 4. The predicted molar refractivity (Wildman–Crippen MR) is 61.7 cm³/mol. The normalized spacial score (nSPS) is 11.2. The zero-order valence-electron chi connectivity index (χ0n) is 9.82. The smallest absolute Gasteiger partial charge is 0.375 e. The van der Waals surface area contributed by atoms with Crippen molar-refractivity contribution in [3.05, 3.63) is 29.8 Å². The molecule has 0 heterocycles. The number of nitrogens with two attached hydrogens (primary N) is 1. The monoisotopic (exact) mass is 223 g/mol. The molecule has 88 valence electrons. The van der Waals surface area contributed by atoms with Gasteiger partial charge in [-0.05, 0) is 32.4 Å². The molecule has 1 aromatic rings. The number of hydrogen-bond donors (Lipinski definition) is 1. The lowest BCUT2D eigenvalue weighted by molar-refractivity contribution is -0.307. The maximum absolute atomic E-state index is 11.6. The van der Waals surface area contributed by atoms with Gasteiger partial charge in [0, 0.05) is 5.69 Å². The van der Waals surface area contributed by atoms with Gasteiger partial charge in [-0.3, -0.25) is 4.89 Å². The van der Waals surface area contributed by atoms with Crippen LogP contribution in [0.1, 0.15) is 37.6 Å². The maximum Gasteiger partial charge on any atom is 0.375 e. The van der Waals surface area contributed by atoms with Gasteiger partial charge in [0.25, 0.3) is 0 Å². The summed E-state index contributed by atoms with van der Waals surface area (Å²) in [6.07, 6.45) is 0.741. The van der Waals surface area contributed by atoms with Crippen LogP contribution in [0.3, 0.4) is 0 Å². The van der Waals surface area contributed by atoms with E-state index in [1.807, 2.05) is 20.8 Å². The average molecular weight is 223 g/mol. The topological polar surface area (TPSA) is 61.5 Å². The van der Waals surface area contributed by atoms with Crippen molar-refractivity contribution in [3.63, 3.8) is 0 Å². The van der Waals surface area contributed by atoms with Crippen molar-refractivity contribution in [3.8, 4) is 0 Å². The Kier molecular flexibility index (Phi) is 3.90. The molecule has 1 rings (SSSR count). The molecule has 0 spiro atoms. The van der Waals surface area contributed by atoms with Crippen LogP contribution < -0.4 is 5.73 Å². The minimum Gasteiger partial charge on any atom is -0.398 e. The number of carbonyl (C=O) groups is 1. The highest BCUT2D eigenvalue weighted by molar-refractivity contribution is 5.94. The van der Waals surface area contributed by atoms with Gasteiger partial charge in [-0.25, -0.2) is 4.79 Å². The minimum atomic E-state index is -0.570. The molecule has 0 radical (unpaired) electrons. The summed E-state index contributed by atoms with van der Waals surface area (Å²) in [5, 5.41) is 0. The molecule has 0 saturated heterocycles. The van der Waals surface area contributed by atoms with Gasteiger partial charge in [0.2, 0.25) is 0 Å². The second-order valence-electron chi connectivity index (χ2n) is 4.15. The van der Waals surface area contributed by atoms with Crippen LogP contribution in [0.2, 0.25) is 0 Å². The lowest BCUT2D eigenvalue weighted by Gasteiger charge is -2.20. The molecule has 0 atom stereocenters. The molecule has 0 aliphatic heterocycles. The molecule has 0 unspecified atom stereocenters. The third-order valence-corrected chi connectivity index (χ3v) is 2.38. The fraction of sp³-hybridized carbons (Fsp3) is 0.417. The molecule has 0 aliphatic carbocycles. The van der Waals surface area contributed by atoms with Crippen molar-refractivity contribution in [2.75, 3.05) is 5.73 Å². The SMILES string of the molecule is CCC(C)(C)OOC(=O)c1ccccc1N. The van der Waals surface area contributed by atoms with Crippen LogP contribution in [0.5, 0.6) is 0 Å². The van der Waals surface area contributed by atoms with Gasteiger partial charge < -0.3 is 5.73 Å². The lowest BCUT2D eigenvalue weighted by atomic mass is 10.1. The summed E-state index contributed by atoms with van der Waals surface area (Å²) >= 11 is 0. The molecule has 0 aromatic heterocycles. The van der Waals surface area contributed by atoms with Crippen LogP contribution in [0.4, 0.5) is 5.69 Å². The number of rotatable bonds is 4. The van der Waals surface area contributed by atoms with Crippen LogP contribution in [0, 0.1) is 0 Å². The van der Waals surface area contributed by atoms with Crippen LogP contribution in [0.15, 0.2) is 24.3 Å². The van der Waals surface area contributed by atoms with E-state index >= 15 is 0 Å². The highest BCUT2D eigenvalue weighted by atomic mass is 17.2. The summed E-state index contributed by atoms with van der Waals surface area (Å²) in [6, 6.07) is 6.71. The van der Waals surface area contributed by atoms with E-state index in [1.54, 1.807) is 24.3 Å². The van der Waals surface area contributed by atoms with Gasteiger partial charge in [-0.1, -0.05) is 19.1 Å². The number of para-hydroxylation sites is 1. The molecular formula is C12H17NO3. The first-order valence-corrected chi connectivity index (χ1v) is 5.21. The first-order chi connectivity index (χ1) is 7.46. The van der Waals surface area contributed by atoms with Crippen LogP contribution in [-0.4, -0.2) is 11.6 Å². The Balaban J connectivity index is 2.64. The highest BCUT2D eigenvalue weighted by Gasteiger charge is 2.21. The van der Waals surface area contributed by atoms with Crippen molar-refractivity contribution in [2.45, 2.75) is 32.8 Å². The fourth-order valence-electron chi connectivity index (χ4n) is 0.937. The summed E-state index contributed by atoms with van der Waals surface area (Å²) in [7, 11) is 0. The zero-order chi connectivity index (χ0) is 12.2. The van der Waals surface area contributed by atoms with Gasteiger partial charge in [0.15, 0.2) is 0 Å². The van der Waals surface area contributed by atoms with E-state index in [0.717, 1.165) is 6.42 Å². The Hall–Kier alpha value is -1.55. The Morgan fingerprint density at radius 2 is 2.00 bits per heavy atom. The van der Waals surface area contributed by atoms with Crippen LogP contribution in [0.25, 0.3) is 0 Å². The third kappa shape index (κ3) is 3.24. The molecule has 0 saturated carbocycles. The van der Waals surface area contributed by atoms with E-state index in [4.69, 9.17) is 15.5 Å². The van der Waals surface area contributed by atoms with Gasteiger partial charge in [-0.15, -0.1) is 0 Å². The number of nitrogen functional groups attached to an aromatic ring is 1. The Labute approximate surface area is 95.3 Å². The molecule has 1 aromatic carbocycles. The molecule has 16 heavy (non-hydrogen) atoms. The molecule has 2 N–H and O–H groups in total. The molecule has 4 heteroatoms. The van der Waals surface area contributed by atoms with Gasteiger partial charge >= 0.3 is 5.97 Å². The third-order valence-electron chi connectivity index (χ3n) is 2.38. The molecule has 0 amide bonds. The second-order valence-corrected chi connectivity index (χ2v) is 4.15. The first-order valence-electron chi connectivity index (χ1n) is 5.21. The molecule has 0 bridgehead atoms. The predicted octanol–water partition coefficient (Wildman–Crippen LogP) is 2.55. The first kappa shape index (κ1) is 12.5.